The summed E-state index contributed by atoms with van der Waals surface area (Å²) in [4.78, 5) is 0. The van der Waals surface area contributed by atoms with Gasteiger partial charge in [0.25, 0.3) is 0 Å². The molecule has 0 spiro atoms. The van der Waals surface area contributed by atoms with E-state index >= 15 is 0 Å². The summed E-state index contributed by atoms with van der Waals surface area (Å²) < 4.78 is 18.4. The summed E-state index contributed by atoms with van der Waals surface area (Å²) in [6, 6.07) is 0. The lowest BCUT2D eigenvalue weighted by atomic mass is 9.81. The molecule has 78 valence electrons. The highest BCUT2D eigenvalue weighted by atomic mass is 35.5. The van der Waals surface area contributed by atoms with E-state index in [0.717, 1.165) is 12.8 Å². The van der Waals surface area contributed by atoms with Crippen LogP contribution in [0.15, 0.2) is 0 Å². The Kier molecular flexibility index (Phi) is 3.55. The molecule has 4 heteroatoms. The number of rotatable bonds is 2. The van der Waals surface area contributed by atoms with Crippen LogP contribution in [0, 0.1) is 5.92 Å². The van der Waals surface area contributed by atoms with Gasteiger partial charge in [-0.3, -0.25) is 0 Å². The topological polar surface area (TPSA) is 35.2 Å². The molecule has 1 aliphatic rings. The van der Waals surface area contributed by atoms with Gasteiger partial charge < -0.3 is 10.5 Å². The van der Waals surface area contributed by atoms with Gasteiger partial charge in [0, 0.05) is 13.0 Å². The Hall–Kier alpha value is 0.140. The molecule has 0 bridgehead atoms. The van der Waals surface area contributed by atoms with Crippen LogP contribution in [0.1, 0.15) is 26.2 Å². The first-order valence-corrected chi connectivity index (χ1v) is 5.05. The van der Waals surface area contributed by atoms with Crippen molar-refractivity contribution >= 4 is 11.6 Å². The van der Waals surface area contributed by atoms with E-state index in [1.165, 1.54) is 7.11 Å². The molecule has 0 aliphatic heterocycles. The number of halogens is 2. The van der Waals surface area contributed by atoms with Crippen LogP contribution >= 0.6 is 11.6 Å². The van der Waals surface area contributed by atoms with Crippen molar-refractivity contribution in [2.75, 3.05) is 7.11 Å². The molecular formula is C9H17ClFNO. The van der Waals surface area contributed by atoms with Crippen LogP contribution < -0.4 is 5.73 Å². The van der Waals surface area contributed by atoms with Crippen LogP contribution in [0.4, 0.5) is 4.39 Å². The quantitative estimate of drug-likeness (QED) is 0.558. The van der Waals surface area contributed by atoms with Crippen molar-refractivity contribution < 1.29 is 9.13 Å². The predicted octanol–water partition coefficient (Wildman–Crippen LogP) is 2.05. The number of hydrogen-bond acceptors (Lipinski definition) is 2. The number of hydrogen-bond donors (Lipinski definition) is 1. The van der Waals surface area contributed by atoms with Crippen LogP contribution in [0.3, 0.4) is 0 Å². The minimum absolute atomic E-state index is 0.0945. The fourth-order valence-corrected chi connectivity index (χ4v) is 2.36. The molecule has 2 nitrogen and oxygen atoms in total. The lowest BCUT2D eigenvalue weighted by Gasteiger charge is -2.39. The SMILES string of the molecule is COC(C)(N)C1CCCC(F)C1Cl. The minimum atomic E-state index is -0.946. The Morgan fingerprint density at radius 2 is 2.15 bits per heavy atom. The Morgan fingerprint density at radius 1 is 1.54 bits per heavy atom. The van der Waals surface area contributed by atoms with Gasteiger partial charge in [0.2, 0.25) is 0 Å². The Bertz CT molecular complexity index is 177. The zero-order valence-corrected chi connectivity index (χ0v) is 8.85. The molecule has 2 N–H and O–H groups in total. The van der Waals surface area contributed by atoms with E-state index in [1.54, 1.807) is 6.92 Å². The summed E-state index contributed by atoms with van der Waals surface area (Å²) in [5.74, 6) is -0.0945. The Balaban J connectivity index is 2.67. The van der Waals surface area contributed by atoms with Crippen molar-refractivity contribution in [1.82, 2.24) is 0 Å². The van der Waals surface area contributed by atoms with E-state index in [1.807, 2.05) is 0 Å². The van der Waals surface area contributed by atoms with Gasteiger partial charge in [0.1, 0.15) is 11.9 Å². The van der Waals surface area contributed by atoms with Gasteiger partial charge in [0.05, 0.1) is 5.38 Å². The van der Waals surface area contributed by atoms with Crippen molar-refractivity contribution in [2.24, 2.45) is 11.7 Å². The van der Waals surface area contributed by atoms with Gasteiger partial charge in [0.15, 0.2) is 0 Å². The monoisotopic (exact) mass is 209 g/mol. The van der Waals surface area contributed by atoms with E-state index in [4.69, 9.17) is 22.1 Å². The van der Waals surface area contributed by atoms with Crippen molar-refractivity contribution in [3.8, 4) is 0 Å². The summed E-state index contributed by atoms with van der Waals surface area (Å²) in [7, 11) is 1.53. The number of alkyl halides is 2. The number of nitrogens with two attached hydrogens (primary N) is 1. The normalized spacial score (nSPS) is 39.9. The van der Waals surface area contributed by atoms with Crippen molar-refractivity contribution in [2.45, 2.75) is 43.5 Å². The summed E-state index contributed by atoms with van der Waals surface area (Å²) in [6.45, 7) is 1.76. The molecule has 0 amide bonds. The second kappa shape index (κ2) is 4.11. The van der Waals surface area contributed by atoms with Crippen molar-refractivity contribution in [1.29, 1.82) is 0 Å². The minimum Gasteiger partial charge on any atom is -0.364 e. The molecule has 1 saturated carbocycles. The molecule has 1 rings (SSSR count). The zero-order chi connectivity index (χ0) is 10.1. The summed E-state index contributed by atoms with van der Waals surface area (Å²) in [5, 5.41) is -0.510. The summed E-state index contributed by atoms with van der Waals surface area (Å²) >= 11 is 5.96. The smallest absolute Gasteiger partial charge is 0.117 e. The molecule has 0 saturated heterocycles. The van der Waals surface area contributed by atoms with Gasteiger partial charge in [-0.15, -0.1) is 11.6 Å². The molecule has 4 atom stereocenters. The van der Waals surface area contributed by atoms with Crippen LogP contribution in [-0.2, 0) is 4.74 Å². The fourth-order valence-electron chi connectivity index (χ4n) is 1.86. The second-order valence-electron chi connectivity index (χ2n) is 3.89. The van der Waals surface area contributed by atoms with Gasteiger partial charge in [-0.1, -0.05) is 6.42 Å². The molecule has 0 aromatic carbocycles. The number of ether oxygens (including phenoxy) is 1. The molecule has 4 unspecified atom stereocenters. The highest BCUT2D eigenvalue weighted by molar-refractivity contribution is 6.21. The number of methoxy groups -OCH3 is 1. The first-order chi connectivity index (χ1) is 5.99. The largest absolute Gasteiger partial charge is 0.364 e. The van der Waals surface area contributed by atoms with Gasteiger partial charge in [-0.2, -0.15) is 0 Å². The third kappa shape index (κ3) is 2.33. The van der Waals surface area contributed by atoms with Crippen LogP contribution in [-0.4, -0.2) is 24.4 Å². The maximum Gasteiger partial charge on any atom is 0.117 e. The molecule has 0 aromatic rings. The fraction of sp³-hybridized carbons (Fsp3) is 1.00. The first kappa shape index (κ1) is 11.2. The van der Waals surface area contributed by atoms with Crippen LogP contribution in [0.5, 0.6) is 0 Å². The lowest BCUT2D eigenvalue weighted by molar-refractivity contribution is -0.0573. The summed E-state index contributed by atoms with van der Waals surface area (Å²) in [6.07, 6.45) is 1.28. The lowest BCUT2D eigenvalue weighted by Crippen LogP contribution is -2.52. The summed E-state index contributed by atoms with van der Waals surface area (Å²) in [5.41, 5.74) is 5.06. The van der Waals surface area contributed by atoms with Crippen molar-refractivity contribution in [3.63, 3.8) is 0 Å². The second-order valence-corrected chi connectivity index (χ2v) is 4.39. The Labute approximate surface area is 83.6 Å². The van der Waals surface area contributed by atoms with E-state index in [9.17, 15) is 4.39 Å². The van der Waals surface area contributed by atoms with Gasteiger partial charge in [-0.25, -0.2) is 4.39 Å². The van der Waals surface area contributed by atoms with E-state index < -0.39 is 17.3 Å². The zero-order valence-electron chi connectivity index (χ0n) is 8.09. The molecule has 13 heavy (non-hydrogen) atoms. The molecule has 1 fully saturated rings. The molecule has 1 aliphatic carbocycles. The first-order valence-electron chi connectivity index (χ1n) is 4.61. The standard InChI is InChI=1S/C9H17ClFNO/c1-9(12,13-2)6-4-3-5-7(11)8(6)10/h6-8H,3-5,12H2,1-2H3. The third-order valence-electron chi connectivity index (χ3n) is 2.90. The maximum atomic E-state index is 13.3. The van der Waals surface area contributed by atoms with E-state index in [-0.39, 0.29) is 5.92 Å². The van der Waals surface area contributed by atoms with E-state index in [2.05, 4.69) is 0 Å². The average Bonchev–Trinajstić information content (AvgIpc) is 2.09. The van der Waals surface area contributed by atoms with Crippen LogP contribution in [0.25, 0.3) is 0 Å². The molecule has 0 aromatic heterocycles. The third-order valence-corrected chi connectivity index (χ3v) is 3.48. The van der Waals surface area contributed by atoms with Gasteiger partial charge in [-0.05, 0) is 19.8 Å². The molecule has 0 radical (unpaired) electrons. The highest BCUT2D eigenvalue weighted by Crippen LogP contribution is 2.36. The maximum absolute atomic E-state index is 13.3. The van der Waals surface area contributed by atoms with Crippen molar-refractivity contribution in [3.05, 3.63) is 0 Å². The van der Waals surface area contributed by atoms with Crippen LogP contribution in [0.2, 0.25) is 0 Å². The predicted molar refractivity (Wildman–Crippen MR) is 51.5 cm³/mol. The molecule has 0 heterocycles. The Morgan fingerprint density at radius 3 is 2.69 bits per heavy atom. The van der Waals surface area contributed by atoms with E-state index in [0.29, 0.717) is 6.42 Å². The molecular weight excluding hydrogens is 193 g/mol. The van der Waals surface area contributed by atoms with Gasteiger partial charge >= 0.3 is 0 Å². The average molecular weight is 210 g/mol. The highest BCUT2D eigenvalue weighted by Gasteiger charge is 2.41.